The van der Waals surface area contributed by atoms with E-state index in [4.69, 9.17) is 9.84 Å². The Morgan fingerprint density at radius 2 is 1.71 bits per heavy atom. The number of carbonyl (C=O) groups is 2. The molecule has 0 fully saturated rings. The normalized spacial score (nSPS) is 11.0. The molecule has 2 aromatic carbocycles. The number of carbonyl (C=O) groups excluding carboxylic acids is 1. The van der Waals surface area contributed by atoms with Crippen molar-refractivity contribution in [2.75, 3.05) is 5.32 Å². The Morgan fingerprint density at radius 1 is 1.04 bits per heavy atom. The van der Waals surface area contributed by atoms with Crippen LogP contribution in [0, 0.1) is 0 Å². The second-order valence-corrected chi connectivity index (χ2v) is 4.72. The molecule has 0 aliphatic rings. The fraction of sp³-hybridized carbons (Fsp3) is 0.125. The minimum absolute atomic E-state index is 0.103. The third-order valence-corrected chi connectivity index (χ3v) is 3.03. The van der Waals surface area contributed by atoms with Crippen LogP contribution in [0.3, 0.4) is 0 Å². The minimum Gasteiger partial charge on any atom is -0.478 e. The average molecular weight is 339 g/mol. The Balaban J connectivity index is 2.17. The van der Waals surface area contributed by atoms with E-state index in [0.717, 1.165) is 12.1 Å². The fourth-order valence-electron chi connectivity index (χ4n) is 1.99. The van der Waals surface area contributed by atoms with Crippen molar-refractivity contribution in [3.8, 4) is 0 Å². The number of hydrogen-bond donors (Lipinski definition) is 2. The highest BCUT2D eigenvalue weighted by Crippen LogP contribution is 2.35. The summed E-state index contributed by atoms with van der Waals surface area (Å²) in [6, 6.07) is 11.3. The van der Waals surface area contributed by atoms with E-state index < -0.39 is 35.1 Å². The van der Waals surface area contributed by atoms with Crippen molar-refractivity contribution in [3.63, 3.8) is 0 Å². The molecule has 2 aromatic rings. The molecule has 0 aliphatic carbocycles. The number of nitrogens with one attached hydrogen (secondary N) is 1. The van der Waals surface area contributed by atoms with Gasteiger partial charge >= 0.3 is 18.2 Å². The number of hydrogen-bond acceptors (Lipinski definition) is 3. The Bertz CT molecular complexity index is 745. The van der Waals surface area contributed by atoms with Crippen molar-refractivity contribution < 1.29 is 32.6 Å². The lowest BCUT2D eigenvalue weighted by Crippen LogP contribution is -2.19. The van der Waals surface area contributed by atoms with Gasteiger partial charge in [0.2, 0.25) is 0 Å². The molecule has 2 rings (SSSR count). The van der Waals surface area contributed by atoms with E-state index in [9.17, 15) is 22.8 Å². The summed E-state index contributed by atoms with van der Waals surface area (Å²) >= 11 is 0. The van der Waals surface area contributed by atoms with Crippen molar-refractivity contribution in [3.05, 3.63) is 65.2 Å². The van der Waals surface area contributed by atoms with Crippen LogP contribution in [-0.2, 0) is 17.5 Å². The van der Waals surface area contributed by atoms with Crippen LogP contribution in [0.25, 0.3) is 0 Å². The lowest BCUT2D eigenvalue weighted by Gasteiger charge is -2.14. The SMILES string of the molecule is O=C(Nc1cccc(C(F)(F)F)c1C(=O)O)OCc1ccccc1. The van der Waals surface area contributed by atoms with Crippen LogP contribution in [0.1, 0.15) is 21.5 Å². The van der Waals surface area contributed by atoms with Crippen LogP contribution in [0.4, 0.5) is 23.7 Å². The number of halogens is 3. The van der Waals surface area contributed by atoms with Gasteiger partial charge in [0.05, 0.1) is 16.8 Å². The number of carboxylic acid groups (broad SMARTS) is 1. The van der Waals surface area contributed by atoms with Gasteiger partial charge < -0.3 is 9.84 Å². The number of anilines is 1. The molecular formula is C16H12F3NO4. The third kappa shape index (κ3) is 4.25. The minimum atomic E-state index is -4.86. The summed E-state index contributed by atoms with van der Waals surface area (Å²) in [5.74, 6) is -1.80. The maximum atomic E-state index is 12.9. The zero-order valence-electron chi connectivity index (χ0n) is 12.1. The van der Waals surface area contributed by atoms with Gasteiger partial charge in [-0.25, -0.2) is 9.59 Å². The van der Waals surface area contributed by atoms with E-state index in [1.54, 1.807) is 30.3 Å². The smallest absolute Gasteiger partial charge is 0.417 e. The van der Waals surface area contributed by atoms with Crippen LogP contribution in [-0.4, -0.2) is 17.2 Å². The van der Waals surface area contributed by atoms with Gasteiger partial charge in [-0.15, -0.1) is 0 Å². The molecule has 126 valence electrons. The molecule has 24 heavy (non-hydrogen) atoms. The number of aromatic carboxylic acids is 1. The highest BCUT2D eigenvalue weighted by Gasteiger charge is 2.36. The second kappa shape index (κ2) is 7.03. The van der Waals surface area contributed by atoms with Gasteiger partial charge in [0.1, 0.15) is 6.61 Å². The average Bonchev–Trinajstić information content (AvgIpc) is 2.52. The van der Waals surface area contributed by atoms with Crippen LogP contribution in [0.5, 0.6) is 0 Å². The first-order valence-corrected chi connectivity index (χ1v) is 6.70. The van der Waals surface area contributed by atoms with Gasteiger partial charge in [0.15, 0.2) is 0 Å². The summed E-state index contributed by atoms with van der Waals surface area (Å²) in [6.07, 6.45) is -5.92. The summed E-state index contributed by atoms with van der Waals surface area (Å²) in [5, 5.41) is 11.1. The molecular weight excluding hydrogens is 327 g/mol. The van der Waals surface area contributed by atoms with E-state index in [0.29, 0.717) is 11.6 Å². The zero-order chi connectivity index (χ0) is 17.7. The van der Waals surface area contributed by atoms with Crippen molar-refractivity contribution in [1.29, 1.82) is 0 Å². The number of rotatable bonds is 4. The maximum Gasteiger partial charge on any atom is 0.417 e. The molecule has 0 heterocycles. The Labute approximate surface area is 134 Å². The fourth-order valence-corrected chi connectivity index (χ4v) is 1.99. The van der Waals surface area contributed by atoms with Gasteiger partial charge in [-0.1, -0.05) is 36.4 Å². The molecule has 0 unspecified atom stereocenters. The summed E-state index contributed by atoms with van der Waals surface area (Å²) in [6.45, 7) is -0.103. The van der Waals surface area contributed by atoms with Crippen LogP contribution < -0.4 is 5.32 Å². The molecule has 0 saturated carbocycles. The van der Waals surface area contributed by atoms with Crippen LogP contribution >= 0.6 is 0 Å². The maximum absolute atomic E-state index is 12.9. The van der Waals surface area contributed by atoms with E-state index in [2.05, 4.69) is 0 Å². The number of ether oxygens (including phenoxy) is 1. The largest absolute Gasteiger partial charge is 0.478 e. The summed E-state index contributed by atoms with van der Waals surface area (Å²) in [4.78, 5) is 22.9. The Morgan fingerprint density at radius 3 is 2.29 bits per heavy atom. The van der Waals surface area contributed by atoms with Crippen LogP contribution in [0.2, 0.25) is 0 Å². The molecule has 0 saturated heterocycles. The summed E-state index contributed by atoms with van der Waals surface area (Å²) in [5.41, 5.74) is -2.21. The predicted octanol–water partition coefficient (Wildman–Crippen LogP) is 4.15. The molecule has 1 amide bonds. The molecule has 5 nitrogen and oxygen atoms in total. The number of carboxylic acids is 1. The van der Waals surface area contributed by atoms with E-state index in [1.807, 2.05) is 5.32 Å². The van der Waals surface area contributed by atoms with Crippen molar-refractivity contribution >= 4 is 17.7 Å². The second-order valence-electron chi connectivity index (χ2n) is 4.72. The number of amides is 1. The van der Waals surface area contributed by atoms with E-state index in [-0.39, 0.29) is 6.61 Å². The van der Waals surface area contributed by atoms with Gasteiger partial charge in [-0.05, 0) is 17.7 Å². The van der Waals surface area contributed by atoms with Gasteiger partial charge in [0, 0.05) is 0 Å². The van der Waals surface area contributed by atoms with Crippen molar-refractivity contribution in [2.45, 2.75) is 12.8 Å². The van der Waals surface area contributed by atoms with Crippen molar-refractivity contribution in [1.82, 2.24) is 0 Å². The quantitative estimate of drug-likeness (QED) is 0.877. The van der Waals surface area contributed by atoms with Crippen molar-refractivity contribution in [2.24, 2.45) is 0 Å². The van der Waals surface area contributed by atoms with E-state index >= 15 is 0 Å². The first-order chi connectivity index (χ1) is 11.3. The monoisotopic (exact) mass is 339 g/mol. The molecule has 0 radical (unpaired) electrons. The van der Waals surface area contributed by atoms with Gasteiger partial charge in [-0.3, -0.25) is 5.32 Å². The zero-order valence-corrected chi connectivity index (χ0v) is 12.1. The van der Waals surface area contributed by atoms with Gasteiger partial charge in [-0.2, -0.15) is 13.2 Å². The van der Waals surface area contributed by atoms with Crippen LogP contribution in [0.15, 0.2) is 48.5 Å². The summed E-state index contributed by atoms with van der Waals surface area (Å²) in [7, 11) is 0. The summed E-state index contributed by atoms with van der Waals surface area (Å²) < 4.78 is 43.5. The molecule has 0 aliphatic heterocycles. The number of alkyl halides is 3. The number of benzene rings is 2. The topological polar surface area (TPSA) is 75.6 Å². The lowest BCUT2D eigenvalue weighted by atomic mass is 10.0. The Hall–Kier alpha value is -3.03. The highest BCUT2D eigenvalue weighted by atomic mass is 19.4. The Kier molecular flexibility index (Phi) is 5.08. The molecule has 8 heteroatoms. The third-order valence-electron chi connectivity index (χ3n) is 3.03. The highest BCUT2D eigenvalue weighted by molar-refractivity contribution is 6.00. The standard InChI is InChI=1S/C16H12F3NO4/c17-16(18,19)11-7-4-8-12(13(11)14(21)22)20-15(23)24-9-10-5-2-1-3-6-10/h1-8H,9H2,(H,20,23)(H,21,22). The molecule has 0 bridgehead atoms. The molecule has 2 N–H and O–H groups in total. The van der Waals surface area contributed by atoms with E-state index in [1.165, 1.54) is 0 Å². The van der Waals surface area contributed by atoms with Gasteiger partial charge in [0.25, 0.3) is 0 Å². The first kappa shape index (κ1) is 17.3. The first-order valence-electron chi connectivity index (χ1n) is 6.70. The lowest BCUT2D eigenvalue weighted by molar-refractivity contribution is -0.138. The predicted molar refractivity (Wildman–Crippen MR) is 78.7 cm³/mol. The molecule has 0 aromatic heterocycles. The molecule has 0 spiro atoms. The molecule has 0 atom stereocenters.